The summed E-state index contributed by atoms with van der Waals surface area (Å²) in [5, 5.41) is 6.73. The Kier molecular flexibility index (Phi) is 2.61. The van der Waals surface area contributed by atoms with Gasteiger partial charge in [-0.1, -0.05) is 20.8 Å². The Morgan fingerprint density at radius 3 is 2.10 bits per heavy atom. The Bertz CT molecular complexity index is 103. The first-order valence-corrected chi connectivity index (χ1v) is 4.60. The van der Waals surface area contributed by atoms with Crippen LogP contribution in [0.5, 0.6) is 0 Å². The zero-order valence-corrected chi connectivity index (χ0v) is 7.72. The minimum Gasteiger partial charge on any atom is -0.292 e. The van der Waals surface area contributed by atoms with E-state index in [1.807, 2.05) is 11.8 Å². The van der Waals surface area contributed by atoms with Gasteiger partial charge in [-0.25, -0.2) is 0 Å². The SMILES string of the molecule is CC(C)(C)SC1NCCN1. The Morgan fingerprint density at radius 2 is 1.70 bits per heavy atom. The molecular weight excluding hydrogens is 144 g/mol. The van der Waals surface area contributed by atoms with E-state index in [0.717, 1.165) is 13.1 Å². The zero-order chi connectivity index (χ0) is 7.61. The van der Waals surface area contributed by atoms with E-state index in [4.69, 9.17) is 0 Å². The van der Waals surface area contributed by atoms with Crippen LogP contribution in [0.25, 0.3) is 0 Å². The molecule has 0 unspecified atom stereocenters. The van der Waals surface area contributed by atoms with Gasteiger partial charge in [0.05, 0.1) is 0 Å². The van der Waals surface area contributed by atoms with Gasteiger partial charge in [0.15, 0.2) is 0 Å². The lowest BCUT2D eigenvalue weighted by Crippen LogP contribution is -2.31. The van der Waals surface area contributed by atoms with Gasteiger partial charge in [-0.2, -0.15) is 0 Å². The molecule has 0 aliphatic carbocycles. The Labute approximate surface area is 67.1 Å². The van der Waals surface area contributed by atoms with Crippen LogP contribution in [0.1, 0.15) is 20.8 Å². The fourth-order valence-corrected chi connectivity index (χ4v) is 2.03. The van der Waals surface area contributed by atoms with Crippen molar-refractivity contribution in [3.05, 3.63) is 0 Å². The fraction of sp³-hybridized carbons (Fsp3) is 1.00. The molecule has 3 heteroatoms. The van der Waals surface area contributed by atoms with Crippen molar-refractivity contribution in [1.29, 1.82) is 0 Å². The highest BCUT2D eigenvalue weighted by Crippen LogP contribution is 2.26. The molecule has 1 fully saturated rings. The molecule has 1 rings (SSSR count). The van der Waals surface area contributed by atoms with Crippen molar-refractivity contribution in [3.8, 4) is 0 Å². The molecule has 0 aromatic carbocycles. The maximum Gasteiger partial charge on any atom is 0.106 e. The molecule has 0 atom stereocenters. The van der Waals surface area contributed by atoms with Crippen LogP contribution in [0.15, 0.2) is 0 Å². The summed E-state index contributed by atoms with van der Waals surface area (Å²) in [4.78, 5) is 0. The van der Waals surface area contributed by atoms with E-state index in [0.29, 0.717) is 10.2 Å². The average molecular weight is 160 g/mol. The van der Waals surface area contributed by atoms with E-state index in [1.165, 1.54) is 0 Å². The van der Waals surface area contributed by atoms with Gasteiger partial charge < -0.3 is 0 Å². The third-order valence-electron chi connectivity index (χ3n) is 1.26. The molecule has 0 aromatic heterocycles. The third kappa shape index (κ3) is 2.90. The van der Waals surface area contributed by atoms with Crippen LogP contribution in [-0.4, -0.2) is 23.3 Å². The second-order valence-corrected chi connectivity index (χ2v) is 5.45. The molecule has 1 heterocycles. The number of rotatable bonds is 1. The first kappa shape index (κ1) is 8.37. The highest BCUT2D eigenvalue weighted by molar-refractivity contribution is 8.01. The molecule has 0 amide bonds. The molecule has 1 aliphatic heterocycles. The van der Waals surface area contributed by atoms with Gasteiger partial charge in [-0.05, 0) is 0 Å². The van der Waals surface area contributed by atoms with E-state index in [-0.39, 0.29) is 0 Å². The fourth-order valence-electron chi connectivity index (χ4n) is 0.916. The van der Waals surface area contributed by atoms with Crippen molar-refractivity contribution < 1.29 is 0 Å². The second kappa shape index (κ2) is 3.11. The summed E-state index contributed by atoms with van der Waals surface area (Å²) >= 11 is 1.94. The Hall–Kier alpha value is 0.270. The first-order valence-electron chi connectivity index (χ1n) is 3.72. The van der Waals surface area contributed by atoms with Crippen molar-refractivity contribution in [2.45, 2.75) is 31.0 Å². The van der Waals surface area contributed by atoms with E-state index in [1.54, 1.807) is 0 Å². The summed E-state index contributed by atoms with van der Waals surface area (Å²) in [5.74, 6) is 0. The smallest absolute Gasteiger partial charge is 0.106 e. The number of hydrogen-bond acceptors (Lipinski definition) is 3. The summed E-state index contributed by atoms with van der Waals surface area (Å²) < 4.78 is 0.356. The summed E-state index contributed by atoms with van der Waals surface area (Å²) in [6.07, 6.45) is 0. The average Bonchev–Trinajstić information content (AvgIpc) is 2.12. The second-order valence-electron chi connectivity index (χ2n) is 3.52. The summed E-state index contributed by atoms with van der Waals surface area (Å²) in [6.45, 7) is 8.92. The van der Waals surface area contributed by atoms with Crippen molar-refractivity contribution >= 4 is 11.8 Å². The van der Waals surface area contributed by atoms with Crippen LogP contribution < -0.4 is 10.6 Å². The van der Waals surface area contributed by atoms with Gasteiger partial charge in [-0.3, -0.25) is 10.6 Å². The molecule has 2 N–H and O–H groups in total. The third-order valence-corrected chi connectivity index (χ3v) is 2.53. The van der Waals surface area contributed by atoms with Crippen molar-refractivity contribution in [2.24, 2.45) is 0 Å². The quantitative estimate of drug-likeness (QED) is 0.598. The molecule has 60 valence electrons. The topological polar surface area (TPSA) is 24.1 Å². The van der Waals surface area contributed by atoms with Crippen LogP contribution in [0, 0.1) is 0 Å². The molecular formula is C7H16N2S. The van der Waals surface area contributed by atoms with Crippen molar-refractivity contribution in [3.63, 3.8) is 0 Å². The minimum atomic E-state index is 0.356. The molecule has 0 bridgehead atoms. The number of thioether (sulfide) groups is 1. The molecule has 0 aromatic rings. The maximum atomic E-state index is 3.36. The van der Waals surface area contributed by atoms with Gasteiger partial charge in [0.25, 0.3) is 0 Å². The molecule has 1 aliphatic rings. The minimum absolute atomic E-state index is 0.356. The Balaban J connectivity index is 2.24. The van der Waals surface area contributed by atoms with Crippen molar-refractivity contribution in [1.82, 2.24) is 10.6 Å². The lowest BCUT2D eigenvalue weighted by Gasteiger charge is -2.22. The summed E-state index contributed by atoms with van der Waals surface area (Å²) in [7, 11) is 0. The largest absolute Gasteiger partial charge is 0.292 e. The van der Waals surface area contributed by atoms with Crippen LogP contribution in [0.2, 0.25) is 0 Å². The van der Waals surface area contributed by atoms with Crippen LogP contribution in [0.4, 0.5) is 0 Å². The highest BCUT2D eigenvalue weighted by atomic mass is 32.2. The maximum absolute atomic E-state index is 3.36. The van der Waals surface area contributed by atoms with Crippen LogP contribution in [0.3, 0.4) is 0 Å². The molecule has 10 heavy (non-hydrogen) atoms. The molecule has 0 radical (unpaired) electrons. The van der Waals surface area contributed by atoms with Crippen LogP contribution in [-0.2, 0) is 0 Å². The summed E-state index contributed by atoms with van der Waals surface area (Å²) in [6, 6.07) is 0. The predicted octanol–water partition coefficient (Wildman–Crippen LogP) is 0.994. The van der Waals surface area contributed by atoms with E-state index in [9.17, 15) is 0 Å². The first-order chi connectivity index (χ1) is 4.58. The zero-order valence-electron chi connectivity index (χ0n) is 6.90. The Morgan fingerprint density at radius 1 is 1.20 bits per heavy atom. The predicted molar refractivity (Wildman–Crippen MR) is 47.1 cm³/mol. The summed E-state index contributed by atoms with van der Waals surface area (Å²) in [5.41, 5.74) is 0.472. The van der Waals surface area contributed by atoms with E-state index < -0.39 is 0 Å². The number of nitrogens with one attached hydrogen (secondary N) is 2. The van der Waals surface area contributed by atoms with Crippen LogP contribution >= 0.6 is 11.8 Å². The van der Waals surface area contributed by atoms with Gasteiger partial charge in [0.2, 0.25) is 0 Å². The monoisotopic (exact) mass is 160 g/mol. The lowest BCUT2D eigenvalue weighted by molar-refractivity contribution is 0.713. The van der Waals surface area contributed by atoms with Gasteiger partial charge >= 0.3 is 0 Å². The van der Waals surface area contributed by atoms with Gasteiger partial charge in [0.1, 0.15) is 5.50 Å². The molecule has 1 saturated heterocycles. The molecule has 2 nitrogen and oxygen atoms in total. The van der Waals surface area contributed by atoms with E-state index in [2.05, 4.69) is 31.4 Å². The number of hydrogen-bond donors (Lipinski definition) is 2. The van der Waals surface area contributed by atoms with E-state index >= 15 is 0 Å². The normalized spacial score (nSPS) is 21.9. The van der Waals surface area contributed by atoms with Gasteiger partial charge in [0, 0.05) is 17.8 Å². The lowest BCUT2D eigenvalue weighted by atomic mass is 10.3. The highest BCUT2D eigenvalue weighted by Gasteiger charge is 2.20. The molecule has 0 spiro atoms. The molecule has 0 saturated carbocycles. The van der Waals surface area contributed by atoms with Crippen molar-refractivity contribution in [2.75, 3.05) is 13.1 Å². The standard InChI is InChI=1S/C7H16N2S/c1-7(2,3)10-6-8-4-5-9-6/h6,8-9H,4-5H2,1-3H3. The van der Waals surface area contributed by atoms with Gasteiger partial charge in [-0.15, -0.1) is 11.8 Å².